The summed E-state index contributed by atoms with van der Waals surface area (Å²) in [7, 11) is 3.03. The zero-order valence-electron chi connectivity index (χ0n) is 14.2. The summed E-state index contributed by atoms with van der Waals surface area (Å²) in [5.41, 5.74) is -0.310. The molecule has 2 aromatic heterocycles. The standard InChI is InChI=1S/C15H23N5O3.ClH/c1-4-6-16-7-8-17-12(21)10-20-9-5-11-13(20)18(2)15(23)19(3)14(11)22;/h5,9,16H,4,6-8,10H2,1-3H3,(H,17,21);1H. The van der Waals surface area contributed by atoms with Crippen LogP contribution in [0.4, 0.5) is 0 Å². The average molecular weight is 358 g/mol. The van der Waals surface area contributed by atoms with Crippen LogP contribution in [0.3, 0.4) is 0 Å². The molecule has 0 atom stereocenters. The monoisotopic (exact) mass is 357 g/mol. The molecular formula is C15H24ClN5O3. The minimum absolute atomic E-state index is 0. The van der Waals surface area contributed by atoms with E-state index in [1.807, 2.05) is 0 Å². The maximum absolute atomic E-state index is 12.1. The third-order valence-corrected chi connectivity index (χ3v) is 3.73. The lowest BCUT2D eigenvalue weighted by molar-refractivity contribution is -0.121. The van der Waals surface area contributed by atoms with E-state index in [2.05, 4.69) is 17.6 Å². The lowest BCUT2D eigenvalue weighted by Gasteiger charge is -2.10. The molecule has 0 saturated heterocycles. The molecule has 0 aliphatic heterocycles. The van der Waals surface area contributed by atoms with Crippen molar-refractivity contribution in [2.75, 3.05) is 19.6 Å². The van der Waals surface area contributed by atoms with E-state index in [4.69, 9.17) is 0 Å². The number of fused-ring (bicyclic) bond motifs is 1. The fourth-order valence-electron chi connectivity index (χ4n) is 2.52. The number of hydrogen-bond acceptors (Lipinski definition) is 4. The van der Waals surface area contributed by atoms with Gasteiger partial charge < -0.3 is 15.2 Å². The van der Waals surface area contributed by atoms with Crippen molar-refractivity contribution >= 4 is 29.3 Å². The van der Waals surface area contributed by atoms with Crippen LogP contribution in [-0.4, -0.2) is 39.2 Å². The van der Waals surface area contributed by atoms with Gasteiger partial charge in [0.25, 0.3) is 5.56 Å². The summed E-state index contributed by atoms with van der Waals surface area (Å²) in [5.74, 6) is -0.158. The quantitative estimate of drug-likeness (QED) is 0.658. The Kier molecular flexibility index (Phi) is 7.24. The molecule has 0 aliphatic rings. The van der Waals surface area contributed by atoms with Gasteiger partial charge in [0.05, 0.1) is 5.39 Å². The van der Waals surface area contributed by atoms with Crippen LogP contribution in [0.25, 0.3) is 11.0 Å². The van der Waals surface area contributed by atoms with Gasteiger partial charge in [0.1, 0.15) is 12.2 Å². The van der Waals surface area contributed by atoms with Gasteiger partial charge in [0.2, 0.25) is 5.91 Å². The van der Waals surface area contributed by atoms with Crippen LogP contribution < -0.4 is 21.9 Å². The molecule has 24 heavy (non-hydrogen) atoms. The predicted molar refractivity (Wildman–Crippen MR) is 95.8 cm³/mol. The van der Waals surface area contributed by atoms with Gasteiger partial charge in [-0.25, -0.2) is 4.79 Å². The van der Waals surface area contributed by atoms with E-state index in [0.717, 1.165) is 17.5 Å². The van der Waals surface area contributed by atoms with Gasteiger partial charge in [0, 0.05) is 33.4 Å². The Labute approximate surface area is 145 Å². The Bertz CT molecular complexity index is 821. The molecule has 0 fully saturated rings. The highest BCUT2D eigenvalue weighted by atomic mass is 35.5. The number of carbonyl (C=O) groups excluding carboxylic acids is 1. The number of carbonyl (C=O) groups is 1. The van der Waals surface area contributed by atoms with Crippen molar-refractivity contribution in [1.29, 1.82) is 0 Å². The summed E-state index contributed by atoms with van der Waals surface area (Å²) < 4.78 is 4.06. The van der Waals surface area contributed by atoms with E-state index in [0.29, 0.717) is 24.1 Å². The van der Waals surface area contributed by atoms with E-state index in [1.54, 1.807) is 23.9 Å². The van der Waals surface area contributed by atoms with Crippen molar-refractivity contribution in [3.63, 3.8) is 0 Å². The number of aromatic nitrogens is 3. The van der Waals surface area contributed by atoms with E-state index in [9.17, 15) is 14.4 Å². The highest BCUT2D eigenvalue weighted by molar-refractivity contribution is 5.85. The molecule has 0 aromatic carbocycles. The highest BCUT2D eigenvalue weighted by Crippen LogP contribution is 2.09. The molecule has 1 amide bonds. The zero-order valence-corrected chi connectivity index (χ0v) is 15.0. The van der Waals surface area contributed by atoms with E-state index < -0.39 is 5.69 Å². The summed E-state index contributed by atoms with van der Waals surface area (Å²) in [6, 6.07) is 1.63. The summed E-state index contributed by atoms with van der Waals surface area (Å²) in [4.78, 5) is 36.1. The van der Waals surface area contributed by atoms with Crippen LogP contribution in [0.15, 0.2) is 21.9 Å². The molecule has 0 unspecified atom stereocenters. The average Bonchev–Trinajstić information content (AvgIpc) is 2.94. The molecule has 0 radical (unpaired) electrons. The number of halogens is 1. The van der Waals surface area contributed by atoms with E-state index in [1.165, 1.54) is 11.6 Å². The van der Waals surface area contributed by atoms with Gasteiger partial charge in [-0.1, -0.05) is 6.92 Å². The number of rotatable bonds is 7. The lowest BCUT2D eigenvalue weighted by atomic mass is 10.4. The summed E-state index contributed by atoms with van der Waals surface area (Å²) >= 11 is 0. The van der Waals surface area contributed by atoms with Crippen LogP contribution in [0.1, 0.15) is 13.3 Å². The summed E-state index contributed by atoms with van der Waals surface area (Å²) in [5, 5.41) is 6.43. The summed E-state index contributed by atoms with van der Waals surface area (Å²) in [6.45, 7) is 4.32. The molecule has 2 N–H and O–H groups in total. The highest BCUT2D eigenvalue weighted by Gasteiger charge is 2.14. The van der Waals surface area contributed by atoms with Crippen LogP contribution in [0.2, 0.25) is 0 Å². The van der Waals surface area contributed by atoms with Crippen molar-refractivity contribution in [2.45, 2.75) is 19.9 Å². The maximum atomic E-state index is 12.1. The van der Waals surface area contributed by atoms with Crippen molar-refractivity contribution in [3.05, 3.63) is 33.1 Å². The third kappa shape index (κ3) is 4.07. The van der Waals surface area contributed by atoms with Gasteiger partial charge >= 0.3 is 5.69 Å². The number of aryl methyl sites for hydroxylation is 1. The topological polar surface area (TPSA) is 90.1 Å². The Morgan fingerprint density at radius 2 is 1.83 bits per heavy atom. The first kappa shape index (κ1) is 20.0. The first-order chi connectivity index (χ1) is 11.0. The van der Waals surface area contributed by atoms with Gasteiger partial charge in [-0.05, 0) is 19.0 Å². The first-order valence-electron chi connectivity index (χ1n) is 7.69. The molecule has 0 spiro atoms. The maximum Gasteiger partial charge on any atom is 0.332 e. The third-order valence-electron chi connectivity index (χ3n) is 3.73. The molecule has 134 valence electrons. The van der Waals surface area contributed by atoms with Crippen LogP contribution in [0.5, 0.6) is 0 Å². The number of nitrogens with zero attached hydrogens (tertiary/aromatic N) is 3. The molecule has 0 aliphatic carbocycles. The molecule has 2 aromatic rings. The van der Waals surface area contributed by atoms with Crippen LogP contribution in [0, 0.1) is 0 Å². The van der Waals surface area contributed by atoms with Crippen LogP contribution >= 0.6 is 12.4 Å². The molecule has 2 rings (SSSR count). The molecule has 2 heterocycles. The van der Waals surface area contributed by atoms with E-state index in [-0.39, 0.29) is 30.4 Å². The minimum Gasteiger partial charge on any atom is -0.353 e. The van der Waals surface area contributed by atoms with Gasteiger partial charge in [-0.3, -0.25) is 18.7 Å². The second-order valence-electron chi connectivity index (χ2n) is 5.49. The smallest absolute Gasteiger partial charge is 0.332 e. The lowest BCUT2D eigenvalue weighted by Crippen LogP contribution is -2.38. The van der Waals surface area contributed by atoms with Gasteiger partial charge in [-0.15, -0.1) is 12.4 Å². The van der Waals surface area contributed by atoms with Crippen LogP contribution in [-0.2, 0) is 25.4 Å². The van der Waals surface area contributed by atoms with Crippen molar-refractivity contribution in [2.24, 2.45) is 14.1 Å². The van der Waals surface area contributed by atoms with Crippen molar-refractivity contribution < 1.29 is 4.79 Å². The molecule has 8 nitrogen and oxygen atoms in total. The van der Waals surface area contributed by atoms with Gasteiger partial charge in [-0.2, -0.15) is 0 Å². The number of amides is 1. The predicted octanol–water partition coefficient (Wildman–Crippen LogP) is -0.424. The zero-order chi connectivity index (χ0) is 17.0. The first-order valence-corrected chi connectivity index (χ1v) is 7.69. The Balaban J connectivity index is 0.00000288. The number of hydrogen-bond donors (Lipinski definition) is 2. The Morgan fingerprint density at radius 3 is 2.50 bits per heavy atom. The fraction of sp³-hybridized carbons (Fsp3) is 0.533. The van der Waals surface area contributed by atoms with Crippen molar-refractivity contribution in [1.82, 2.24) is 24.3 Å². The Hall–Kier alpha value is -2.06. The molecule has 0 saturated carbocycles. The number of nitrogens with one attached hydrogen (secondary N) is 2. The Morgan fingerprint density at radius 1 is 1.12 bits per heavy atom. The normalized spacial score (nSPS) is 10.6. The summed E-state index contributed by atoms with van der Waals surface area (Å²) in [6.07, 6.45) is 2.70. The van der Waals surface area contributed by atoms with E-state index >= 15 is 0 Å². The van der Waals surface area contributed by atoms with Crippen molar-refractivity contribution in [3.8, 4) is 0 Å². The largest absolute Gasteiger partial charge is 0.353 e. The second-order valence-corrected chi connectivity index (χ2v) is 5.49. The molecular weight excluding hydrogens is 334 g/mol. The fourth-order valence-corrected chi connectivity index (χ4v) is 2.52. The van der Waals surface area contributed by atoms with Gasteiger partial charge in [0.15, 0.2) is 0 Å². The molecule has 9 heteroatoms. The molecule has 0 bridgehead atoms. The SMILES string of the molecule is CCCNCCNC(=O)Cn1ccc2c(=O)n(C)c(=O)n(C)c21.Cl. The minimum atomic E-state index is -0.411. The second kappa shape index (κ2) is 8.70.